The topological polar surface area (TPSA) is 83.3 Å². The van der Waals surface area contributed by atoms with Crippen molar-refractivity contribution < 1.29 is 4.79 Å². The number of rotatable bonds is 6. The van der Waals surface area contributed by atoms with Gasteiger partial charge in [0.25, 0.3) is 5.91 Å². The van der Waals surface area contributed by atoms with Crippen LogP contribution >= 0.6 is 11.3 Å². The zero-order valence-electron chi connectivity index (χ0n) is 11.4. The van der Waals surface area contributed by atoms with Gasteiger partial charge < -0.3 is 21.3 Å². The second-order valence-corrected chi connectivity index (χ2v) is 6.06. The Balaban J connectivity index is 1.89. The van der Waals surface area contributed by atoms with E-state index in [1.54, 1.807) is 0 Å². The van der Waals surface area contributed by atoms with Crippen LogP contribution in [0.1, 0.15) is 28.9 Å². The van der Waals surface area contributed by atoms with Gasteiger partial charge in [0.1, 0.15) is 10.7 Å². The quantitative estimate of drug-likeness (QED) is 0.725. The average Bonchev–Trinajstić information content (AvgIpc) is 2.64. The summed E-state index contributed by atoms with van der Waals surface area (Å²) in [4.78, 5) is 18.7. The highest BCUT2D eigenvalue weighted by atomic mass is 32.1. The molecule has 0 spiro atoms. The van der Waals surface area contributed by atoms with Crippen molar-refractivity contribution in [2.75, 3.05) is 38.2 Å². The maximum Gasteiger partial charge on any atom is 0.265 e. The highest BCUT2D eigenvalue weighted by Gasteiger charge is 2.21. The summed E-state index contributed by atoms with van der Waals surface area (Å²) in [6.07, 6.45) is 3.60. The Morgan fingerprint density at radius 1 is 1.53 bits per heavy atom. The number of anilines is 2. The van der Waals surface area contributed by atoms with E-state index < -0.39 is 0 Å². The molecule has 4 N–H and O–H groups in total. The zero-order chi connectivity index (χ0) is 13.8. The first kappa shape index (κ1) is 14.1. The molecule has 2 rings (SSSR count). The van der Waals surface area contributed by atoms with E-state index in [2.05, 4.69) is 15.6 Å². The Labute approximate surface area is 117 Å². The summed E-state index contributed by atoms with van der Waals surface area (Å²) in [6, 6.07) is 0.496. The van der Waals surface area contributed by atoms with Crippen LogP contribution in [0.4, 0.5) is 10.9 Å². The minimum atomic E-state index is -0.140. The molecule has 0 atom stereocenters. The van der Waals surface area contributed by atoms with Gasteiger partial charge in [-0.25, -0.2) is 4.98 Å². The molecule has 1 aromatic rings. The molecule has 0 radical (unpaired) electrons. The number of nitrogen functional groups attached to an aromatic ring is 1. The molecule has 6 nitrogen and oxygen atoms in total. The fourth-order valence-electron chi connectivity index (χ4n) is 1.76. The Hall–Kier alpha value is -1.34. The number of amides is 1. The van der Waals surface area contributed by atoms with E-state index >= 15 is 0 Å². The predicted octanol–water partition coefficient (Wildman–Crippen LogP) is 0.981. The van der Waals surface area contributed by atoms with E-state index in [1.165, 1.54) is 30.6 Å². The molecule has 0 aromatic carbocycles. The van der Waals surface area contributed by atoms with Crippen LogP contribution in [0, 0.1) is 0 Å². The van der Waals surface area contributed by atoms with Crippen molar-refractivity contribution in [2.45, 2.75) is 25.3 Å². The molecule has 0 bridgehead atoms. The maximum absolute atomic E-state index is 12.0. The highest BCUT2D eigenvalue weighted by molar-refractivity contribution is 7.18. The van der Waals surface area contributed by atoms with Crippen LogP contribution in [0.2, 0.25) is 0 Å². The fourth-order valence-corrected chi connectivity index (χ4v) is 2.63. The maximum atomic E-state index is 12.0. The second-order valence-electron chi connectivity index (χ2n) is 5.06. The number of nitrogens with two attached hydrogens (primary N) is 1. The third-order valence-electron chi connectivity index (χ3n) is 3.14. The third kappa shape index (κ3) is 3.81. The largest absolute Gasteiger partial charge is 0.382 e. The van der Waals surface area contributed by atoms with E-state index in [-0.39, 0.29) is 5.91 Å². The first-order valence-corrected chi connectivity index (χ1v) is 7.33. The summed E-state index contributed by atoms with van der Waals surface area (Å²) < 4.78 is 0. The molecule has 0 saturated heterocycles. The van der Waals surface area contributed by atoms with Gasteiger partial charge in [-0.3, -0.25) is 4.79 Å². The van der Waals surface area contributed by atoms with Crippen molar-refractivity contribution in [2.24, 2.45) is 0 Å². The van der Waals surface area contributed by atoms with E-state index in [9.17, 15) is 4.79 Å². The normalized spacial score (nSPS) is 15.3. The molecule has 1 heterocycles. The first-order valence-electron chi connectivity index (χ1n) is 6.52. The number of thiazole rings is 1. The van der Waals surface area contributed by atoms with Crippen molar-refractivity contribution >= 4 is 28.2 Å². The number of hydrogen-bond acceptors (Lipinski definition) is 6. The van der Waals surface area contributed by atoms with Crippen molar-refractivity contribution in [1.82, 2.24) is 15.2 Å². The number of carbonyl (C=O) groups is 1. The van der Waals surface area contributed by atoms with Gasteiger partial charge in [-0.15, -0.1) is 0 Å². The number of hydrogen-bond donors (Lipinski definition) is 3. The third-order valence-corrected chi connectivity index (χ3v) is 4.14. The van der Waals surface area contributed by atoms with Crippen LogP contribution in [0.3, 0.4) is 0 Å². The van der Waals surface area contributed by atoms with E-state index in [4.69, 9.17) is 5.73 Å². The van der Waals surface area contributed by atoms with Crippen molar-refractivity contribution in [3.05, 3.63) is 4.88 Å². The Bertz CT molecular complexity index is 441. The molecule has 1 amide bonds. The lowest BCUT2D eigenvalue weighted by Crippen LogP contribution is -2.31. The molecule has 1 aliphatic carbocycles. The van der Waals surface area contributed by atoms with Gasteiger partial charge in [0.15, 0.2) is 5.13 Å². The van der Waals surface area contributed by atoms with Crippen LogP contribution in [-0.2, 0) is 0 Å². The van der Waals surface area contributed by atoms with Crippen molar-refractivity contribution in [1.29, 1.82) is 0 Å². The smallest absolute Gasteiger partial charge is 0.265 e. The molecule has 1 fully saturated rings. The van der Waals surface area contributed by atoms with Gasteiger partial charge in [-0.05, 0) is 33.4 Å². The number of likely N-dealkylation sites (N-methyl/N-ethyl adjacent to an activating group) is 1. The van der Waals surface area contributed by atoms with Crippen molar-refractivity contribution in [3.8, 4) is 0 Å². The summed E-state index contributed by atoms with van der Waals surface area (Å²) in [5, 5.41) is 6.91. The lowest BCUT2D eigenvalue weighted by molar-refractivity contribution is 0.0956. The number of nitrogens with one attached hydrogen (secondary N) is 2. The Morgan fingerprint density at radius 3 is 2.84 bits per heavy atom. The average molecular weight is 283 g/mol. The molecule has 0 aliphatic heterocycles. The standard InChI is InChI=1S/C12H21N5OS/c1-17(2)7-6-14-11(18)9-10(13)16-12(19-9)15-8-4-3-5-8/h8H,3-7,13H2,1-2H3,(H,14,18)(H,15,16). The number of carbonyl (C=O) groups excluding carboxylic acids is 1. The lowest BCUT2D eigenvalue weighted by Gasteiger charge is -2.25. The zero-order valence-corrected chi connectivity index (χ0v) is 12.2. The summed E-state index contributed by atoms with van der Waals surface area (Å²) in [6.45, 7) is 1.41. The van der Waals surface area contributed by atoms with Gasteiger partial charge in [0.05, 0.1) is 0 Å². The van der Waals surface area contributed by atoms with Gasteiger partial charge >= 0.3 is 0 Å². The molecule has 1 aliphatic rings. The number of nitrogens with zero attached hydrogens (tertiary/aromatic N) is 2. The monoisotopic (exact) mass is 283 g/mol. The minimum Gasteiger partial charge on any atom is -0.382 e. The Morgan fingerprint density at radius 2 is 2.26 bits per heavy atom. The SMILES string of the molecule is CN(C)CCNC(=O)c1sc(NC2CCC2)nc1N. The number of aromatic nitrogens is 1. The molecular weight excluding hydrogens is 262 g/mol. The molecule has 7 heteroatoms. The summed E-state index contributed by atoms with van der Waals surface area (Å²) >= 11 is 1.33. The minimum absolute atomic E-state index is 0.140. The van der Waals surface area contributed by atoms with Crippen LogP contribution in [-0.4, -0.2) is 49.0 Å². The molecular formula is C12H21N5OS. The summed E-state index contributed by atoms with van der Waals surface area (Å²) in [5.74, 6) is 0.174. The molecule has 1 aromatic heterocycles. The van der Waals surface area contributed by atoms with Crippen molar-refractivity contribution in [3.63, 3.8) is 0 Å². The van der Waals surface area contributed by atoms with Gasteiger partial charge in [-0.1, -0.05) is 11.3 Å². The van der Waals surface area contributed by atoms with E-state index in [1.807, 2.05) is 19.0 Å². The van der Waals surface area contributed by atoms with Crippen LogP contribution in [0.25, 0.3) is 0 Å². The highest BCUT2D eigenvalue weighted by Crippen LogP contribution is 2.29. The molecule has 19 heavy (non-hydrogen) atoms. The van der Waals surface area contributed by atoms with Crippen LogP contribution < -0.4 is 16.4 Å². The second kappa shape index (κ2) is 6.21. The Kier molecular flexibility index (Phi) is 4.60. The van der Waals surface area contributed by atoms with Crippen LogP contribution in [0.5, 0.6) is 0 Å². The molecule has 1 saturated carbocycles. The molecule has 106 valence electrons. The van der Waals surface area contributed by atoms with Gasteiger partial charge in [-0.2, -0.15) is 0 Å². The predicted molar refractivity (Wildman–Crippen MR) is 78.7 cm³/mol. The van der Waals surface area contributed by atoms with E-state index in [0.29, 0.717) is 23.3 Å². The summed E-state index contributed by atoms with van der Waals surface area (Å²) in [5.41, 5.74) is 5.80. The van der Waals surface area contributed by atoms with E-state index in [0.717, 1.165) is 11.7 Å². The summed E-state index contributed by atoms with van der Waals surface area (Å²) in [7, 11) is 3.93. The van der Waals surface area contributed by atoms with Gasteiger partial charge in [0, 0.05) is 19.1 Å². The molecule has 0 unspecified atom stereocenters. The fraction of sp³-hybridized carbons (Fsp3) is 0.667. The lowest BCUT2D eigenvalue weighted by atomic mass is 9.93. The van der Waals surface area contributed by atoms with Gasteiger partial charge in [0.2, 0.25) is 0 Å². The van der Waals surface area contributed by atoms with Crippen LogP contribution in [0.15, 0.2) is 0 Å². The first-order chi connectivity index (χ1) is 9.06.